The van der Waals surface area contributed by atoms with Crippen LogP contribution in [0.25, 0.3) is 0 Å². The first-order chi connectivity index (χ1) is 29.3. The van der Waals surface area contributed by atoms with Gasteiger partial charge in [-0.2, -0.15) is 0 Å². The molecule has 0 saturated heterocycles. The fourth-order valence-electron chi connectivity index (χ4n) is 6.28. The molecule has 0 aromatic rings. The van der Waals surface area contributed by atoms with Crippen LogP contribution in [0.5, 0.6) is 0 Å². The minimum Gasteiger partial charge on any atom is -0.480 e. The molecule has 0 fully saturated rings. The molecule has 0 heterocycles. The molecule has 0 rings (SSSR count). The van der Waals surface area contributed by atoms with E-state index in [2.05, 4.69) is 103 Å². The highest BCUT2D eigenvalue weighted by atomic mass is 16.5. The zero-order chi connectivity index (χ0) is 44.0. The Kier molecular flexibility index (Phi) is 41.6. The Labute approximate surface area is 365 Å². The Bertz CT molecular complexity index is 1280. The van der Waals surface area contributed by atoms with Crippen molar-refractivity contribution in [3.8, 4) is 0 Å². The number of carbonyl (C=O) groups excluding carboxylic acids is 3. The van der Waals surface area contributed by atoms with Crippen LogP contribution in [0.1, 0.15) is 187 Å². The van der Waals surface area contributed by atoms with Crippen LogP contribution in [0.3, 0.4) is 0 Å². The molecule has 0 aliphatic heterocycles. The second-order valence-electron chi connectivity index (χ2n) is 15.5. The van der Waals surface area contributed by atoms with E-state index < -0.39 is 24.5 Å². The van der Waals surface area contributed by atoms with Crippen molar-refractivity contribution in [2.24, 2.45) is 0 Å². The molecule has 0 aliphatic rings. The maximum Gasteiger partial charge on any atom is 0.328 e. The lowest BCUT2D eigenvalue weighted by atomic mass is 10.1. The van der Waals surface area contributed by atoms with E-state index >= 15 is 0 Å². The third kappa shape index (κ3) is 40.8. The number of nitrogens with one attached hydrogen (secondary N) is 2. The van der Waals surface area contributed by atoms with Gasteiger partial charge in [0.25, 0.3) is 0 Å². The zero-order valence-corrected chi connectivity index (χ0v) is 37.7. The largest absolute Gasteiger partial charge is 0.480 e. The van der Waals surface area contributed by atoms with Gasteiger partial charge in [-0.1, -0.05) is 163 Å². The molecule has 2 atom stereocenters. The average Bonchev–Trinajstić information content (AvgIpc) is 3.23. The van der Waals surface area contributed by atoms with Gasteiger partial charge in [-0.15, -0.1) is 0 Å². The summed E-state index contributed by atoms with van der Waals surface area (Å²) in [6.07, 6.45) is 57.7. The molecular formula is C51H84N2O7. The number of carboxylic acids is 1. The van der Waals surface area contributed by atoms with Gasteiger partial charge in [0.1, 0.15) is 12.1 Å². The normalized spacial score (nSPS) is 13.2. The number of hydrogen-bond donors (Lipinski definition) is 4. The van der Waals surface area contributed by atoms with Gasteiger partial charge in [-0.25, -0.2) is 4.79 Å². The molecule has 0 aromatic carbocycles. The monoisotopic (exact) mass is 837 g/mol. The van der Waals surface area contributed by atoms with Gasteiger partial charge < -0.3 is 25.6 Å². The van der Waals surface area contributed by atoms with Crippen molar-refractivity contribution >= 4 is 23.8 Å². The van der Waals surface area contributed by atoms with E-state index in [1.807, 2.05) is 6.08 Å². The van der Waals surface area contributed by atoms with Crippen molar-refractivity contribution in [3.05, 3.63) is 85.1 Å². The van der Waals surface area contributed by atoms with E-state index in [-0.39, 0.29) is 30.9 Å². The maximum absolute atomic E-state index is 12.8. The number of aliphatic hydroxyl groups excluding tert-OH is 1. The van der Waals surface area contributed by atoms with Gasteiger partial charge in [0, 0.05) is 12.8 Å². The van der Waals surface area contributed by atoms with Crippen LogP contribution in [0.4, 0.5) is 0 Å². The van der Waals surface area contributed by atoms with Gasteiger partial charge in [-0.05, 0) is 96.0 Å². The topological polar surface area (TPSA) is 142 Å². The summed E-state index contributed by atoms with van der Waals surface area (Å²) in [4.78, 5) is 47.6. The lowest BCUT2D eigenvalue weighted by Gasteiger charge is -2.15. The quantitative estimate of drug-likeness (QED) is 0.0273. The molecule has 4 N–H and O–H groups in total. The number of carboxylic acid groups (broad SMARTS) is 1. The van der Waals surface area contributed by atoms with Crippen LogP contribution < -0.4 is 10.6 Å². The summed E-state index contributed by atoms with van der Waals surface area (Å²) < 4.78 is 5.92. The van der Waals surface area contributed by atoms with Gasteiger partial charge in [0.05, 0.1) is 13.2 Å². The number of hydrogen-bond acceptors (Lipinski definition) is 6. The molecule has 340 valence electrons. The van der Waals surface area contributed by atoms with E-state index in [1.54, 1.807) is 0 Å². The number of esters is 1. The predicted molar refractivity (Wildman–Crippen MR) is 250 cm³/mol. The summed E-state index contributed by atoms with van der Waals surface area (Å²) in [5.41, 5.74) is 0. The Balaban J connectivity index is 4.38. The second-order valence-corrected chi connectivity index (χ2v) is 15.5. The van der Waals surface area contributed by atoms with Crippen LogP contribution in [0, 0.1) is 0 Å². The highest BCUT2D eigenvalue weighted by Crippen LogP contribution is 2.15. The van der Waals surface area contributed by atoms with E-state index in [4.69, 9.17) is 14.9 Å². The fourth-order valence-corrected chi connectivity index (χ4v) is 6.28. The maximum atomic E-state index is 12.8. The van der Waals surface area contributed by atoms with Crippen molar-refractivity contribution in [2.45, 2.75) is 199 Å². The molecule has 0 spiro atoms. The molecule has 2 amide bonds. The molecule has 0 bridgehead atoms. The van der Waals surface area contributed by atoms with E-state index in [0.717, 1.165) is 96.3 Å². The smallest absolute Gasteiger partial charge is 0.328 e. The predicted octanol–water partition coefficient (Wildman–Crippen LogP) is 12.0. The Morgan fingerprint density at radius 1 is 0.533 bits per heavy atom. The molecule has 9 heteroatoms. The number of rotatable bonds is 41. The van der Waals surface area contributed by atoms with E-state index in [9.17, 15) is 19.2 Å². The van der Waals surface area contributed by atoms with Crippen LogP contribution in [-0.2, 0) is 23.9 Å². The zero-order valence-electron chi connectivity index (χ0n) is 37.7. The Morgan fingerprint density at radius 2 is 1.00 bits per heavy atom. The minimum absolute atomic E-state index is 0.134. The summed E-state index contributed by atoms with van der Waals surface area (Å²) in [5, 5.41) is 22.6. The molecule has 0 aliphatic carbocycles. The van der Waals surface area contributed by atoms with Gasteiger partial charge in [0.2, 0.25) is 11.8 Å². The molecule has 0 radical (unpaired) electrons. The number of ether oxygens (including phenoxy) is 1. The summed E-state index contributed by atoms with van der Waals surface area (Å²) >= 11 is 0. The molecule has 60 heavy (non-hydrogen) atoms. The van der Waals surface area contributed by atoms with Crippen molar-refractivity contribution < 1.29 is 34.1 Å². The van der Waals surface area contributed by atoms with Gasteiger partial charge in [0.15, 0.2) is 0 Å². The SMILES string of the molecule is CC/C=C\C/C=C\C/C=C\C/C=C\C(CCCCCCCC(=O)NCC(=O)NC(CO)C(=O)O)OC(=O)CCCCCCCC/C=C\C/C=C\C/C=C\CCCCCCC. The number of amides is 2. The number of aliphatic hydroxyl groups is 1. The summed E-state index contributed by atoms with van der Waals surface area (Å²) in [7, 11) is 0. The van der Waals surface area contributed by atoms with Crippen molar-refractivity contribution in [3.63, 3.8) is 0 Å². The lowest BCUT2D eigenvalue weighted by molar-refractivity contribution is -0.147. The molecule has 2 unspecified atom stereocenters. The summed E-state index contributed by atoms with van der Waals surface area (Å²) in [6, 6.07) is -1.39. The van der Waals surface area contributed by atoms with Crippen LogP contribution in [0.2, 0.25) is 0 Å². The highest BCUT2D eigenvalue weighted by molar-refractivity contribution is 5.87. The Hall–Kier alpha value is -3.98. The lowest BCUT2D eigenvalue weighted by Crippen LogP contribution is -2.47. The Morgan fingerprint density at radius 3 is 1.53 bits per heavy atom. The summed E-state index contributed by atoms with van der Waals surface area (Å²) in [6.45, 7) is 3.33. The van der Waals surface area contributed by atoms with Crippen molar-refractivity contribution in [2.75, 3.05) is 13.2 Å². The first-order valence-corrected chi connectivity index (χ1v) is 23.5. The molecule has 0 saturated carbocycles. The first-order valence-electron chi connectivity index (χ1n) is 23.5. The van der Waals surface area contributed by atoms with Crippen LogP contribution in [0.15, 0.2) is 85.1 Å². The van der Waals surface area contributed by atoms with Crippen molar-refractivity contribution in [1.82, 2.24) is 10.6 Å². The van der Waals surface area contributed by atoms with E-state index in [1.165, 1.54) is 57.8 Å². The third-order valence-corrected chi connectivity index (χ3v) is 9.86. The number of unbranched alkanes of at least 4 members (excludes halogenated alkanes) is 15. The standard InChI is InChI=1S/C51H84N2O7/c1-3-5-7-9-11-13-15-16-17-18-19-20-21-22-23-24-26-28-30-35-39-43-50(57)60-46(40-36-32-29-27-25-14-12-10-8-6-4-2)41-37-33-31-34-38-42-48(55)52-44-49(56)53-47(45-54)51(58)59/h6,8,12,14-16,18-19,21-22,27,29,36,40,46-47,54H,3-5,7,9-11,13,17,20,23-26,28,30-35,37-39,41-45H2,1-2H3,(H,52,55)(H,53,56)(H,58,59)/b8-6-,14-12-,16-15-,19-18-,22-21-,29-27-,40-36-. The second kappa shape index (κ2) is 44.6. The van der Waals surface area contributed by atoms with E-state index in [0.29, 0.717) is 12.8 Å². The number of allylic oxidation sites excluding steroid dienone is 13. The van der Waals surface area contributed by atoms with Gasteiger partial charge >= 0.3 is 11.9 Å². The average molecular weight is 837 g/mol. The van der Waals surface area contributed by atoms with Crippen LogP contribution in [-0.4, -0.2) is 59.3 Å². The fraction of sp³-hybridized carbons (Fsp3) is 0.647. The number of aliphatic carboxylic acids is 1. The summed E-state index contributed by atoms with van der Waals surface area (Å²) in [5.74, 6) is -2.42. The molecule has 9 nitrogen and oxygen atoms in total. The first kappa shape index (κ1) is 56.0. The minimum atomic E-state index is -1.39. The van der Waals surface area contributed by atoms with Crippen molar-refractivity contribution in [1.29, 1.82) is 0 Å². The molecule has 0 aromatic heterocycles. The molecular weight excluding hydrogens is 753 g/mol. The number of carbonyl (C=O) groups is 4. The van der Waals surface area contributed by atoms with Gasteiger partial charge in [-0.3, -0.25) is 14.4 Å². The third-order valence-electron chi connectivity index (χ3n) is 9.86. The van der Waals surface area contributed by atoms with Crippen LogP contribution >= 0.6 is 0 Å². The highest BCUT2D eigenvalue weighted by Gasteiger charge is 2.18.